The molecule has 0 aromatic carbocycles. The molecule has 0 radical (unpaired) electrons. The Bertz CT molecular complexity index is 695. The summed E-state index contributed by atoms with van der Waals surface area (Å²) in [7, 11) is 0. The van der Waals surface area contributed by atoms with E-state index < -0.39 is 23.7 Å². The van der Waals surface area contributed by atoms with Crippen molar-refractivity contribution in [3.05, 3.63) is 58.6 Å². The highest BCUT2D eigenvalue weighted by Gasteiger charge is 2.34. The molecule has 0 atom stereocenters. The monoisotopic (exact) mass is 368 g/mol. The van der Waals surface area contributed by atoms with Gasteiger partial charge in [0.1, 0.15) is 16.5 Å². The zero-order chi connectivity index (χ0) is 18.0. The molecule has 2 aromatic heterocycles. The third-order valence-corrected chi connectivity index (χ3v) is 3.27. The van der Waals surface area contributed by atoms with Crippen LogP contribution in [0.2, 0.25) is 5.15 Å². The van der Waals surface area contributed by atoms with E-state index in [1.165, 1.54) is 18.2 Å². The molecule has 0 amide bonds. The first-order valence-corrected chi connectivity index (χ1v) is 7.19. The first-order valence-electron chi connectivity index (χ1n) is 6.81. The van der Waals surface area contributed by atoms with Crippen molar-refractivity contribution in [2.24, 2.45) is 0 Å². The second-order valence-electron chi connectivity index (χ2n) is 5.06. The van der Waals surface area contributed by atoms with E-state index in [1.54, 1.807) is 6.07 Å². The quantitative estimate of drug-likeness (QED) is 0.474. The molecule has 0 bridgehead atoms. The maximum Gasteiger partial charge on any atom is 0.433 e. The number of halogens is 7. The maximum absolute atomic E-state index is 12.2. The minimum Gasteiger partial charge on any atom is -0.248 e. The summed E-state index contributed by atoms with van der Waals surface area (Å²) in [6.07, 6.45) is -6.79. The molecular weight excluding hydrogens is 358 g/mol. The molecule has 24 heavy (non-hydrogen) atoms. The lowest BCUT2D eigenvalue weighted by Crippen LogP contribution is -2.08. The number of pyridine rings is 2. The van der Waals surface area contributed by atoms with Crippen LogP contribution in [-0.4, -0.2) is 9.97 Å². The molecular formula is C15H11ClF6N2. The van der Waals surface area contributed by atoms with E-state index in [-0.39, 0.29) is 11.1 Å². The lowest BCUT2D eigenvalue weighted by atomic mass is 10.2. The maximum atomic E-state index is 12.2. The van der Waals surface area contributed by atoms with Gasteiger partial charge < -0.3 is 0 Å². The number of rotatable bonds is 1. The summed E-state index contributed by atoms with van der Waals surface area (Å²) in [6.45, 7) is 0. The summed E-state index contributed by atoms with van der Waals surface area (Å²) < 4.78 is 72.1. The van der Waals surface area contributed by atoms with Crippen molar-refractivity contribution in [2.45, 2.75) is 31.1 Å². The van der Waals surface area contributed by atoms with Gasteiger partial charge in [-0.3, -0.25) is 0 Å². The molecule has 1 aliphatic rings. The van der Waals surface area contributed by atoms with Gasteiger partial charge in [0, 0.05) is 11.6 Å². The zero-order valence-corrected chi connectivity index (χ0v) is 12.8. The molecule has 2 nitrogen and oxygen atoms in total. The van der Waals surface area contributed by atoms with Gasteiger partial charge in [-0.1, -0.05) is 23.7 Å². The predicted molar refractivity (Wildman–Crippen MR) is 75.5 cm³/mol. The lowest BCUT2D eigenvalue weighted by molar-refractivity contribution is -0.142. The number of aromatic nitrogens is 2. The van der Waals surface area contributed by atoms with E-state index in [0.29, 0.717) is 5.69 Å². The fourth-order valence-corrected chi connectivity index (χ4v) is 1.95. The standard InChI is InChI=1S/C9H8F3N.C6H3ClF3N/c10-9(11,12)8-3-1-2-7(13-8)6-4-5-6;7-5-3-1-2-4(11-5)6(8,9)10/h1-3,6H,4-5H2;1-3H. The van der Waals surface area contributed by atoms with Crippen molar-refractivity contribution in [3.63, 3.8) is 0 Å². The third-order valence-electron chi connectivity index (χ3n) is 3.06. The summed E-state index contributed by atoms with van der Waals surface area (Å²) in [5.74, 6) is 0.266. The van der Waals surface area contributed by atoms with Crippen LogP contribution in [0, 0.1) is 0 Å². The Labute approximate surface area is 138 Å². The van der Waals surface area contributed by atoms with Gasteiger partial charge in [0.15, 0.2) is 0 Å². The van der Waals surface area contributed by atoms with Gasteiger partial charge in [-0.05, 0) is 37.1 Å². The highest BCUT2D eigenvalue weighted by atomic mass is 35.5. The minimum absolute atomic E-state index is 0.153. The Morgan fingerprint density at radius 1 is 0.792 bits per heavy atom. The fraction of sp³-hybridized carbons (Fsp3) is 0.333. The minimum atomic E-state index is -4.41. The first-order chi connectivity index (χ1) is 11.1. The van der Waals surface area contributed by atoms with Crippen LogP contribution in [-0.2, 0) is 12.4 Å². The van der Waals surface area contributed by atoms with Crippen LogP contribution in [0.5, 0.6) is 0 Å². The van der Waals surface area contributed by atoms with Crippen LogP contribution in [0.15, 0.2) is 36.4 Å². The molecule has 0 spiro atoms. The van der Waals surface area contributed by atoms with Crippen LogP contribution in [0.1, 0.15) is 35.8 Å². The van der Waals surface area contributed by atoms with E-state index in [2.05, 4.69) is 9.97 Å². The molecule has 3 rings (SSSR count). The van der Waals surface area contributed by atoms with Crippen molar-refractivity contribution in [1.29, 1.82) is 0 Å². The van der Waals surface area contributed by atoms with Crippen LogP contribution >= 0.6 is 11.6 Å². The number of nitrogens with zero attached hydrogens (tertiary/aromatic N) is 2. The summed E-state index contributed by atoms with van der Waals surface area (Å²) in [6, 6.07) is 7.45. The Morgan fingerprint density at radius 3 is 1.71 bits per heavy atom. The predicted octanol–water partition coefficient (Wildman–Crippen LogP) is 5.73. The summed E-state index contributed by atoms with van der Waals surface area (Å²) >= 11 is 5.24. The number of hydrogen-bond acceptors (Lipinski definition) is 2. The van der Waals surface area contributed by atoms with Crippen molar-refractivity contribution in [3.8, 4) is 0 Å². The van der Waals surface area contributed by atoms with Gasteiger partial charge in [0.25, 0.3) is 0 Å². The molecule has 9 heteroatoms. The summed E-state index contributed by atoms with van der Waals surface area (Å²) in [5.41, 5.74) is -1.17. The smallest absolute Gasteiger partial charge is 0.248 e. The topological polar surface area (TPSA) is 25.8 Å². The normalized spacial score (nSPS) is 14.8. The largest absolute Gasteiger partial charge is 0.433 e. The van der Waals surface area contributed by atoms with Crippen molar-refractivity contribution in [2.75, 3.05) is 0 Å². The first kappa shape index (κ1) is 18.5. The van der Waals surface area contributed by atoms with Crippen molar-refractivity contribution < 1.29 is 26.3 Å². The number of alkyl halides is 6. The molecule has 0 aliphatic heterocycles. The van der Waals surface area contributed by atoms with E-state index in [9.17, 15) is 26.3 Å². The van der Waals surface area contributed by atoms with Gasteiger partial charge in [0.05, 0.1) is 0 Å². The van der Waals surface area contributed by atoms with E-state index in [0.717, 1.165) is 25.0 Å². The second-order valence-corrected chi connectivity index (χ2v) is 5.45. The van der Waals surface area contributed by atoms with E-state index >= 15 is 0 Å². The lowest BCUT2D eigenvalue weighted by Gasteiger charge is -2.06. The molecule has 2 aromatic rings. The Hall–Kier alpha value is -1.83. The highest BCUT2D eigenvalue weighted by molar-refractivity contribution is 6.29. The highest BCUT2D eigenvalue weighted by Crippen LogP contribution is 2.40. The van der Waals surface area contributed by atoms with E-state index in [1.807, 2.05) is 0 Å². The fourth-order valence-electron chi connectivity index (χ4n) is 1.78. The summed E-state index contributed by atoms with van der Waals surface area (Å²) in [4.78, 5) is 6.67. The van der Waals surface area contributed by atoms with Gasteiger partial charge in [-0.2, -0.15) is 26.3 Å². The summed E-state index contributed by atoms with van der Waals surface area (Å²) in [5, 5.41) is -0.153. The Balaban J connectivity index is 0.000000177. The number of hydrogen-bond donors (Lipinski definition) is 0. The molecule has 0 saturated heterocycles. The molecule has 130 valence electrons. The molecule has 2 heterocycles. The van der Waals surface area contributed by atoms with Gasteiger partial charge in [-0.25, -0.2) is 9.97 Å². The SMILES string of the molecule is FC(F)(F)c1cccc(C2CC2)n1.FC(F)(F)c1cccc(Cl)n1. The Kier molecular flexibility index (Phi) is 5.37. The van der Waals surface area contributed by atoms with Crippen LogP contribution in [0.25, 0.3) is 0 Å². The third kappa shape index (κ3) is 5.36. The average Bonchev–Trinajstić information content (AvgIpc) is 3.31. The van der Waals surface area contributed by atoms with E-state index in [4.69, 9.17) is 11.6 Å². The average molecular weight is 369 g/mol. The molecule has 1 fully saturated rings. The van der Waals surface area contributed by atoms with Crippen LogP contribution < -0.4 is 0 Å². The zero-order valence-electron chi connectivity index (χ0n) is 12.0. The molecule has 1 aliphatic carbocycles. The molecule has 0 unspecified atom stereocenters. The second kappa shape index (κ2) is 6.96. The Morgan fingerprint density at radius 2 is 1.29 bits per heavy atom. The van der Waals surface area contributed by atoms with Crippen LogP contribution in [0.3, 0.4) is 0 Å². The van der Waals surface area contributed by atoms with Crippen LogP contribution in [0.4, 0.5) is 26.3 Å². The van der Waals surface area contributed by atoms with Gasteiger partial charge in [-0.15, -0.1) is 0 Å². The van der Waals surface area contributed by atoms with Gasteiger partial charge in [0.2, 0.25) is 0 Å². The molecule has 1 saturated carbocycles. The molecule has 0 N–H and O–H groups in total. The van der Waals surface area contributed by atoms with Crippen molar-refractivity contribution in [1.82, 2.24) is 9.97 Å². The van der Waals surface area contributed by atoms with Gasteiger partial charge >= 0.3 is 12.4 Å². The van der Waals surface area contributed by atoms with Crippen molar-refractivity contribution >= 4 is 11.6 Å².